The highest BCUT2D eigenvalue weighted by molar-refractivity contribution is 7.16. The molecule has 2 heterocycles. The summed E-state index contributed by atoms with van der Waals surface area (Å²) in [6, 6.07) is 7.68. The molecule has 7 heteroatoms. The summed E-state index contributed by atoms with van der Waals surface area (Å²) in [5.41, 5.74) is 3.54. The van der Waals surface area contributed by atoms with Crippen molar-refractivity contribution in [3.63, 3.8) is 0 Å². The summed E-state index contributed by atoms with van der Waals surface area (Å²) < 4.78 is 7.12. The van der Waals surface area contributed by atoms with Crippen molar-refractivity contribution < 1.29 is 9.53 Å². The molecule has 1 amide bonds. The highest BCUT2D eigenvalue weighted by Crippen LogP contribution is 2.35. The Labute approximate surface area is 142 Å². The van der Waals surface area contributed by atoms with Crippen molar-refractivity contribution in [2.45, 2.75) is 25.9 Å². The van der Waals surface area contributed by atoms with Crippen LogP contribution >= 0.6 is 11.3 Å². The number of carbonyl (C=O) groups excluding carboxylic acids is 1. The lowest BCUT2D eigenvalue weighted by atomic mass is 9.81. The first-order chi connectivity index (χ1) is 11.7. The van der Waals surface area contributed by atoms with Crippen LogP contribution in [0.3, 0.4) is 0 Å². The molecule has 0 unspecified atom stereocenters. The lowest BCUT2D eigenvalue weighted by molar-refractivity contribution is -0.125. The Morgan fingerprint density at radius 3 is 3.00 bits per heavy atom. The average Bonchev–Trinajstić information content (AvgIpc) is 2.99. The fourth-order valence-corrected chi connectivity index (χ4v) is 3.46. The third-order valence-corrected chi connectivity index (χ3v) is 4.93. The van der Waals surface area contributed by atoms with Gasteiger partial charge in [-0.05, 0) is 31.9 Å². The Bertz CT molecular complexity index is 889. The highest BCUT2D eigenvalue weighted by atomic mass is 32.1. The monoisotopic (exact) mass is 340 g/mol. The van der Waals surface area contributed by atoms with Crippen LogP contribution < -0.4 is 10.1 Å². The minimum absolute atomic E-state index is 0.0141. The number of para-hydroxylation sites is 1. The first kappa shape index (κ1) is 15.0. The van der Waals surface area contributed by atoms with Gasteiger partial charge in [0.1, 0.15) is 29.5 Å². The number of hydrogen-bond donors (Lipinski definition) is 1. The first-order valence-corrected chi connectivity index (χ1v) is 8.65. The maximum Gasteiger partial charge on any atom is 0.228 e. The van der Waals surface area contributed by atoms with Gasteiger partial charge in [-0.3, -0.25) is 4.79 Å². The van der Waals surface area contributed by atoms with Crippen LogP contribution in [0.5, 0.6) is 5.75 Å². The lowest BCUT2D eigenvalue weighted by Crippen LogP contribution is -2.41. The molecular weight excluding hydrogens is 324 g/mol. The number of aromatic nitrogens is 3. The van der Waals surface area contributed by atoms with E-state index in [-0.39, 0.29) is 17.9 Å². The second kappa shape index (κ2) is 6.16. The van der Waals surface area contributed by atoms with Crippen molar-refractivity contribution in [3.05, 3.63) is 41.8 Å². The zero-order valence-electron chi connectivity index (χ0n) is 13.1. The molecule has 1 aliphatic carbocycles. The van der Waals surface area contributed by atoms with Gasteiger partial charge in [-0.15, -0.1) is 11.3 Å². The first-order valence-electron chi connectivity index (χ1n) is 7.77. The van der Waals surface area contributed by atoms with E-state index < -0.39 is 0 Å². The largest absolute Gasteiger partial charge is 0.488 e. The van der Waals surface area contributed by atoms with Gasteiger partial charge < -0.3 is 10.1 Å². The second-order valence-electron chi connectivity index (χ2n) is 5.90. The molecule has 0 atom stereocenters. The number of thiazole rings is 1. The van der Waals surface area contributed by atoms with Crippen LogP contribution in [0.2, 0.25) is 0 Å². The second-order valence-corrected chi connectivity index (χ2v) is 6.78. The van der Waals surface area contributed by atoms with Crippen LogP contribution in [0.25, 0.3) is 10.2 Å². The molecule has 1 aliphatic rings. The van der Waals surface area contributed by atoms with Gasteiger partial charge in [-0.25, -0.2) is 15.0 Å². The van der Waals surface area contributed by atoms with E-state index in [1.165, 1.54) is 6.33 Å². The van der Waals surface area contributed by atoms with Gasteiger partial charge in [-0.1, -0.05) is 6.07 Å². The van der Waals surface area contributed by atoms with Gasteiger partial charge in [0.2, 0.25) is 5.91 Å². The number of benzene rings is 1. The van der Waals surface area contributed by atoms with Crippen LogP contribution in [0.4, 0.5) is 5.82 Å². The Morgan fingerprint density at radius 2 is 2.17 bits per heavy atom. The molecule has 0 spiro atoms. The van der Waals surface area contributed by atoms with E-state index in [9.17, 15) is 4.79 Å². The molecule has 2 aromatic heterocycles. The van der Waals surface area contributed by atoms with Gasteiger partial charge in [0.05, 0.1) is 10.2 Å². The van der Waals surface area contributed by atoms with Crippen LogP contribution in [0, 0.1) is 12.8 Å². The molecule has 3 aromatic rings. The summed E-state index contributed by atoms with van der Waals surface area (Å²) in [6.45, 7) is 1.86. The normalized spacial score (nSPS) is 19.7. The van der Waals surface area contributed by atoms with Crippen LogP contribution in [-0.4, -0.2) is 27.0 Å². The minimum Gasteiger partial charge on any atom is -0.488 e. The molecule has 1 N–H and O–H groups in total. The number of anilines is 1. The molecule has 1 fully saturated rings. The number of ether oxygens (including phenoxy) is 1. The molecule has 0 aliphatic heterocycles. The van der Waals surface area contributed by atoms with Crippen molar-refractivity contribution in [2.75, 3.05) is 5.32 Å². The molecule has 0 saturated heterocycles. The molecule has 1 aromatic carbocycles. The molecule has 4 rings (SSSR count). The molecule has 6 nitrogen and oxygen atoms in total. The number of rotatable bonds is 4. The van der Waals surface area contributed by atoms with Crippen LogP contribution in [0.1, 0.15) is 18.5 Å². The Hall–Kier alpha value is -2.54. The molecule has 1 saturated carbocycles. The molecule has 122 valence electrons. The fraction of sp³-hybridized carbons (Fsp3) is 0.294. The van der Waals surface area contributed by atoms with Crippen molar-refractivity contribution in [1.29, 1.82) is 0 Å². The number of hydrogen-bond acceptors (Lipinski definition) is 6. The Balaban J connectivity index is 1.35. The van der Waals surface area contributed by atoms with E-state index in [1.54, 1.807) is 17.4 Å². The lowest BCUT2D eigenvalue weighted by Gasteiger charge is -2.34. The molecule has 0 bridgehead atoms. The van der Waals surface area contributed by atoms with Crippen molar-refractivity contribution >= 4 is 33.3 Å². The van der Waals surface area contributed by atoms with Gasteiger partial charge in [0.15, 0.2) is 0 Å². The van der Waals surface area contributed by atoms with E-state index in [0.717, 1.165) is 21.7 Å². The van der Waals surface area contributed by atoms with E-state index >= 15 is 0 Å². The molecule has 24 heavy (non-hydrogen) atoms. The quantitative estimate of drug-likeness (QED) is 0.789. The van der Waals surface area contributed by atoms with Crippen molar-refractivity contribution in [3.8, 4) is 5.75 Å². The number of nitrogens with one attached hydrogen (secondary N) is 1. The van der Waals surface area contributed by atoms with Gasteiger partial charge in [0.25, 0.3) is 0 Å². The van der Waals surface area contributed by atoms with Gasteiger partial charge in [-0.2, -0.15) is 0 Å². The van der Waals surface area contributed by atoms with Crippen LogP contribution in [-0.2, 0) is 4.79 Å². The van der Waals surface area contributed by atoms with Crippen molar-refractivity contribution in [1.82, 2.24) is 15.0 Å². The van der Waals surface area contributed by atoms with E-state index in [4.69, 9.17) is 4.74 Å². The fourth-order valence-electron chi connectivity index (χ4n) is 2.76. The average molecular weight is 340 g/mol. The van der Waals surface area contributed by atoms with E-state index in [2.05, 4.69) is 20.3 Å². The number of fused-ring (bicyclic) bond motifs is 1. The summed E-state index contributed by atoms with van der Waals surface area (Å²) in [6.07, 6.45) is 2.92. The number of nitrogens with zero attached hydrogens (tertiary/aromatic N) is 3. The SMILES string of the molecule is Cc1cc(NC(=O)C2CC(Oc3cccc4scnc34)C2)ncn1. The van der Waals surface area contributed by atoms with E-state index in [1.807, 2.05) is 30.6 Å². The molecule has 0 radical (unpaired) electrons. The third kappa shape index (κ3) is 2.94. The Morgan fingerprint density at radius 1 is 1.29 bits per heavy atom. The van der Waals surface area contributed by atoms with E-state index in [0.29, 0.717) is 18.7 Å². The summed E-state index contributed by atoms with van der Waals surface area (Å²) in [7, 11) is 0. The summed E-state index contributed by atoms with van der Waals surface area (Å²) in [5, 5.41) is 2.84. The maximum atomic E-state index is 12.2. The number of amides is 1. The summed E-state index contributed by atoms with van der Waals surface area (Å²) in [5.74, 6) is 1.29. The third-order valence-electron chi connectivity index (χ3n) is 4.14. The number of aryl methyl sites for hydroxylation is 1. The summed E-state index contributed by atoms with van der Waals surface area (Å²) in [4.78, 5) is 24.7. The predicted molar refractivity (Wildman–Crippen MR) is 92.2 cm³/mol. The predicted octanol–water partition coefficient (Wildman–Crippen LogP) is 3.19. The van der Waals surface area contributed by atoms with Crippen molar-refractivity contribution in [2.24, 2.45) is 5.92 Å². The summed E-state index contributed by atoms with van der Waals surface area (Å²) >= 11 is 1.59. The molecular formula is C17H16N4O2S. The maximum absolute atomic E-state index is 12.2. The van der Waals surface area contributed by atoms with Gasteiger partial charge in [0, 0.05) is 17.7 Å². The standard InChI is InChI=1S/C17H16N4O2S/c1-10-5-15(19-8-18-10)21-17(22)11-6-12(7-11)23-13-3-2-4-14-16(13)20-9-24-14/h2-5,8-9,11-12H,6-7H2,1H3,(H,18,19,21,22). The zero-order valence-corrected chi connectivity index (χ0v) is 13.9. The van der Waals surface area contributed by atoms with Crippen LogP contribution in [0.15, 0.2) is 36.1 Å². The smallest absolute Gasteiger partial charge is 0.228 e. The highest BCUT2D eigenvalue weighted by Gasteiger charge is 2.36. The van der Waals surface area contributed by atoms with Gasteiger partial charge >= 0.3 is 0 Å². The number of carbonyl (C=O) groups is 1. The minimum atomic E-state index is -0.0418. The zero-order chi connectivity index (χ0) is 16.5. The Kier molecular flexibility index (Phi) is 3.86. The topological polar surface area (TPSA) is 77.0 Å².